The Bertz CT molecular complexity index is 352. The van der Waals surface area contributed by atoms with Crippen LogP contribution in [0.1, 0.15) is 32.1 Å². The van der Waals surface area contributed by atoms with E-state index in [0.717, 1.165) is 25.3 Å². The molecule has 0 spiro atoms. The van der Waals surface area contributed by atoms with Gasteiger partial charge >= 0.3 is 0 Å². The summed E-state index contributed by atoms with van der Waals surface area (Å²) < 4.78 is 0. The average molecular weight is 395 g/mol. The van der Waals surface area contributed by atoms with Crippen molar-refractivity contribution in [2.24, 2.45) is 10.9 Å². The average Bonchev–Trinajstić information content (AvgIpc) is 2.86. The molecule has 2 atom stereocenters. The van der Waals surface area contributed by atoms with E-state index in [1.807, 2.05) is 18.4 Å². The Hall–Kier alpha value is -0.300. The quantitative estimate of drug-likeness (QED) is 0.440. The molecule has 0 amide bonds. The molecule has 2 unspecified atom stereocenters. The second-order valence-electron chi connectivity index (χ2n) is 4.80. The number of aliphatic imine (C=N–C) groups is 1. The van der Waals surface area contributed by atoms with Crippen molar-refractivity contribution in [2.75, 3.05) is 13.6 Å². The van der Waals surface area contributed by atoms with Crippen molar-refractivity contribution < 1.29 is 0 Å². The summed E-state index contributed by atoms with van der Waals surface area (Å²) in [7, 11) is 1.82. The molecule has 19 heavy (non-hydrogen) atoms. The van der Waals surface area contributed by atoms with Gasteiger partial charge in [-0.15, -0.1) is 35.3 Å². The highest BCUT2D eigenvalue weighted by Gasteiger charge is 2.07. The highest BCUT2D eigenvalue weighted by molar-refractivity contribution is 14.0. The van der Waals surface area contributed by atoms with Crippen LogP contribution in [0.25, 0.3) is 0 Å². The number of nitrogens with one attached hydrogen (secondary N) is 2. The lowest BCUT2D eigenvalue weighted by molar-refractivity contribution is 0.551. The molecule has 0 aliphatic carbocycles. The maximum atomic E-state index is 4.24. The van der Waals surface area contributed by atoms with Gasteiger partial charge in [0, 0.05) is 24.5 Å². The smallest absolute Gasteiger partial charge is 0.191 e. The zero-order chi connectivity index (χ0) is 13.4. The lowest BCUT2D eigenvalue weighted by Gasteiger charge is -2.18. The van der Waals surface area contributed by atoms with Gasteiger partial charge in [0.05, 0.1) is 0 Å². The van der Waals surface area contributed by atoms with Crippen molar-refractivity contribution in [3.63, 3.8) is 0 Å². The molecule has 0 saturated heterocycles. The molecular weight excluding hydrogens is 369 g/mol. The number of hydrogen-bond donors (Lipinski definition) is 2. The summed E-state index contributed by atoms with van der Waals surface area (Å²) in [4.78, 5) is 5.69. The van der Waals surface area contributed by atoms with E-state index in [1.54, 1.807) is 0 Å². The highest BCUT2D eigenvalue weighted by Crippen LogP contribution is 2.13. The fourth-order valence-electron chi connectivity index (χ4n) is 1.65. The van der Waals surface area contributed by atoms with Crippen molar-refractivity contribution in [1.82, 2.24) is 10.6 Å². The Balaban J connectivity index is 0.00000324. The molecular formula is C14H26IN3S. The molecule has 5 heteroatoms. The van der Waals surface area contributed by atoms with Gasteiger partial charge in [0.15, 0.2) is 5.96 Å². The van der Waals surface area contributed by atoms with Crippen LogP contribution in [0.2, 0.25) is 0 Å². The minimum Gasteiger partial charge on any atom is -0.356 e. The topological polar surface area (TPSA) is 36.4 Å². The van der Waals surface area contributed by atoms with E-state index in [1.165, 1.54) is 4.88 Å². The van der Waals surface area contributed by atoms with E-state index in [2.05, 4.69) is 53.9 Å². The van der Waals surface area contributed by atoms with Gasteiger partial charge in [-0.3, -0.25) is 4.99 Å². The maximum absolute atomic E-state index is 4.24. The van der Waals surface area contributed by atoms with Crippen molar-refractivity contribution in [3.8, 4) is 0 Å². The highest BCUT2D eigenvalue weighted by atomic mass is 127. The molecule has 110 valence electrons. The van der Waals surface area contributed by atoms with Crippen LogP contribution in [0, 0.1) is 5.92 Å². The summed E-state index contributed by atoms with van der Waals surface area (Å²) in [6.07, 6.45) is 2.23. The van der Waals surface area contributed by atoms with Crippen molar-refractivity contribution in [2.45, 2.75) is 39.7 Å². The summed E-state index contributed by atoms with van der Waals surface area (Å²) >= 11 is 1.83. The third kappa shape index (κ3) is 7.77. The molecule has 0 fully saturated rings. The predicted molar refractivity (Wildman–Crippen MR) is 96.9 cm³/mol. The van der Waals surface area contributed by atoms with Gasteiger partial charge in [0.25, 0.3) is 0 Å². The first-order valence-electron chi connectivity index (χ1n) is 6.65. The van der Waals surface area contributed by atoms with Crippen LogP contribution >= 0.6 is 35.3 Å². The monoisotopic (exact) mass is 395 g/mol. The number of thiophene rings is 1. The summed E-state index contributed by atoms with van der Waals surface area (Å²) in [6.45, 7) is 7.56. The first kappa shape index (κ1) is 18.7. The first-order chi connectivity index (χ1) is 8.65. The van der Waals surface area contributed by atoms with E-state index >= 15 is 0 Å². The van der Waals surface area contributed by atoms with Crippen LogP contribution in [-0.4, -0.2) is 25.6 Å². The van der Waals surface area contributed by atoms with Gasteiger partial charge in [-0.25, -0.2) is 0 Å². The van der Waals surface area contributed by atoms with Crippen LogP contribution in [-0.2, 0) is 6.42 Å². The molecule has 1 aromatic heterocycles. The van der Waals surface area contributed by atoms with Gasteiger partial charge in [-0.05, 0) is 37.1 Å². The van der Waals surface area contributed by atoms with Crippen molar-refractivity contribution >= 4 is 41.3 Å². The Labute approximate surface area is 138 Å². The van der Waals surface area contributed by atoms with Crippen LogP contribution in [0.5, 0.6) is 0 Å². The summed E-state index contributed by atoms with van der Waals surface area (Å²) in [5.74, 6) is 1.52. The van der Waals surface area contributed by atoms with E-state index in [4.69, 9.17) is 0 Å². The van der Waals surface area contributed by atoms with Gasteiger partial charge in [-0.2, -0.15) is 0 Å². The number of halogens is 1. The van der Waals surface area contributed by atoms with Gasteiger partial charge in [0.1, 0.15) is 0 Å². The van der Waals surface area contributed by atoms with Crippen LogP contribution in [0.15, 0.2) is 22.5 Å². The minimum absolute atomic E-state index is 0. The molecule has 1 aromatic rings. The summed E-state index contributed by atoms with van der Waals surface area (Å²) in [6, 6.07) is 4.78. The Morgan fingerprint density at radius 2 is 2.16 bits per heavy atom. The standard InChI is InChI=1S/C14H25N3S.HI/c1-5-12(3)17-14(15-4)16-10-11(2)9-13-7-6-8-18-13;/h6-8,11-12H,5,9-10H2,1-4H3,(H2,15,16,17);1H. The molecule has 0 bridgehead atoms. The second-order valence-corrected chi connectivity index (χ2v) is 5.83. The molecule has 3 nitrogen and oxygen atoms in total. The third-order valence-electron chi connectivity index (χ3n) is 2.97. The SMILES string of the molecule is CCC(C)NC(=NC)NCC(C)Cc1cccs1.I. The van der Waals surface area contributed by atoms with Gasteiger partial charge in [0.2, 0.25) is 0 Å². The van der Waals surface area contributed by atoms with E-state index < -0.39 is 0 Å². The molecule has 1 heterocycles. The largest absolute Gasteiger partial charge is 0.356 e. The molecule has 0 aliphatic rings. The lowest BCUT2D eigenvalue weighted by atomic mass is 10.1. The van der Waals surface area contributed by atoms with Crippen LogP contribution in [0.3, 0.4) is 0 Å². The predicted octanol–water partition coefficient (Wildman–Crippen LogP) is 3.51. The molecule has 0 aliphatic heterocycles. The van der Waals surface area contributed by atoms with Crippen LogP contribution in [0.4, 0.5) is 0 Å². The van der Waals surface area contributed by atoms with Crippen LogP contribution < -0.4 is 10.6 Å². The van der Waals surface area contributed by atoms with Gasteiger partial charge < -0.3 is 10.6 Å². The first-order valence-corrected chi connectivity index (χ1v) is 7.53. The Morgan fingerprint density at radius 1 is 1.42 bits per heavy atom. The van der Waals surface area contributed by atoms with Gasteiger partial charge in [-0.1, -0.05) is 19.9 Å². The zero-order valence-corrected chi connectivity index (χ0v) is 15.4. The summed E-state index contributed by atoms with van der Waals surface area (Å²) in [5.41, 5.74) is 0. The second kappa shape index (κ2) is 10.5. The normalized spacial score (nSPS) is 14.4. The molecule has 2 N–H and O–H groups in total. The summed E-state index contributed by atoms with van der Waals surface area (Å²) in [5, 5.41) is 8.90. The Morgan fingerprint density at radius 3 is 2.68 bits per heavy atom. The molecule has 0 radical (unpaired) electrons. The van der Waals surface area contributed by atoms with E-state index in [0.29, 0.717) is 12.0 Å². The Kier molecular flexibility index (Phi) is 10.3. The minimum atomic E-state index is 0. The number of hydrogen-bond acceptors (Lipinski definition) is 2. The number of nitrogens with zero attached hydrogens (tertiary/aromatic N) is 1. The molecule has 1 rings (SSSR count). The number of guanidine groups is 1. The third-order valence-corrected chi connectivity index (χ3v) is 3.87. The maximum Gasteiger partial charge on any atom is 0.191 e. The van der Waals surface area contributed by atoms with Crippen molar-refractivity contribution in [1.29, 1.82) is 0 Å². The zero-order valence-electron chi connectivity index (χ0n) is 12.3. The molecule has 0 aromatic carbocycles. The van der Waals surface area contributed by atoms with E-state index in [-0.39, 0.29) is 24.0 Å². The van der Waals surface area contributed by atoms with E-state index in [9.17, 15) is 0 Å². The van der Waals surface area contributed by atoms with Crippen molar-refractivity contribution in [3.05, 3.63) is 22.4 Å². The fourth-order valence-corrected chi connectivity index (χ4v) is 2.52. The molecule has 0 saturated carbocycles. The fraction of sp³-hybridized carbons (Fsp3) is 0.643. The number of rotatable bonds is 6. The lowest BCUT2D eigenvalue weighted by Crippen LogP contribution is -2.43.